The van der Waals surface area contributed by atoms with E-state index in [0.717, 1.165) is 17.8 Å². The molecule has 1 nitrogen and oxygen atoms in total. The van der Waals surface area contributed by atoms with Crippen LogP contribution in [0.4, 0.5) is 0 Å². The Hall–Kier alpha value is -0.0400. The second-order valence-electron chi connectivity index (χ2n) is 5.57. The fraction of sp³-hybridized carbons (Fsp3) is 1.00. The maximum absolute atomic E-state index is 2.49. The summed E-state index contributed by atoms with van der Waals surface area (Å²) in [5.41, 5.74) is 0. The van der Waals surface area contributed by atoms with Gasteiger partial charge < -0.3 is 4.90 Å². The van der Waals surface area contributed by atoms with Crippen molar-refractivity contribution >= 4 is 0 Å². The van der Waals surface area contributed by atoms with Crippen LogP contribution >= 0.6 is 0 Å². The molecule has 1 aliphatic heterocycles. The Morgan fingerprint density at radius 3 is 2.21 bits per heavy atom. The zero-order chi connectivity index (χ0) is 9.97. The van der Waals surface area contributed by atoms with Gasteiger partial charge in [-0.3, -0.25) is 0 Å². The molecule has 0 spiro atoms. The molecule has 2 fully saturated rings. The predicted molar refractivity (Wildman–Crippen MR) is 61.3 cm³/mol. The van der Waals surface area contributed by atoms with Crippen molar-refractivity contribution in [2.24, 2.45) is 17.8 Å². The summed E-state index contributed by atoms with van der Waals surface area (Å²) >= 11 is 0. The van der Waals surface area contributed by atoms with Crippen molar-refractivity contribution in [1.82, 2.24) is 4.90 Å². The van der Waals surface area contributed by atoms with Gasteiger partial charge in [-0.2, -0.15) is 0 Å². The zero-order valence-electron chi connectivity index (χ0n) is 9.84. The Balaban J connectivity index is 1.87. The molecule has 0 aromatic heterocycles. The summed E-state index contributed by atoms with van der Waals surface area (Å²) in [6.07, 6.45) is 8.94. The number of hydrogen-bond acceptors (Lipinski definition) is 1. The van der Waals surface area contributed by atoms with E-state index in [1.807, 2.05) is 0 Å². The first-order valence-electron chi connectivity index (χ1n) is 6.46. The highest BCUT2D eigenvalue weighted by atomic mass is 15.1. The summed E-state index contributed by atoms with van der Waals surface area (Å²) in [7, 11) is 2.26. The van der Waals surface area contributed by atoms with Gasteiger partial charge in [-0.05, 0) is 57.2 Å². The molecule has 2 unspecified atom stereocenters. The molecule has 2 atom stereocenters. The van der Waals surface area contributed by atoms with Gasteiger partial charge in [0.2, 0.25) is 0 Å². The third-order valence-electron chi connectivity index (χ3n) is 4.55. The van der Waals surface area contributed by atoms with Crippen LogP contribution in [0, 0.1) is 17.8 Å². The molecule has 0 N–H and O–H groups in total. The Bertz CT molecular complexity index is 170. The number of likely N-dealkylation sites (tertiary alicyclic amines) is 1. The van der Waals surface area contributed by atoms with Crippen molar-refractivity contribution in [2.75, 3.05) is 20.1 Å². The summed E-state index contributed by atoms with van der Waals surface area (Å²) in [6, 6.07) is 0. The highest BCUT2D eigenvalue weighted by molar-refractivity contribution is 4.82. The summed E-state index contributed by atoms with van der Waals surface area (Å²) in [5.74, 6) is 3.14. The third kappa shape index (κ3) is 2.31. The van der Waals surface area contributed by atoms with Crippen LogP contribution in [0.15, 0.2) is 0 Å². The molecule has 0 bridgehead atoms. The van der Waals surface area contributed by atoms with Crippen LogP contribution in [0.25, 0.3) is 0 Å². The Labute approximate surface area is 88.9 Å². The van der Waals surface area contributed by atoms with Gasteiger partial charge in [0.15, 0.2) is 0 Å². The molecule has 0 aromatic carbocycles. The van der Waals surface area contributed by atoms with Crippen molar-refractivity contribution in [1.29, 1.82) is 0 Å². The highest BCUT2D eigenvalue weighted by Crippen LogP contribution is 2.38. The Kier molecular flexibility index (Phi) is 3.48. The minimum Gasteiger partial charge on any atom is -0.306 e. The van der Waals surface area contributed by atoms with Gasteiger partial charge in [-0.1, -0.05) is 26.2 Å². The van der Waals surface area contributed by atoms with Crippen LogP contribution in [0.3, 0.4) is 0 Å². The molecule has 2 aliphatic rings. The second kappa shape index (κ2) is 4.65. The SMILES string of the molecule is CC1CCCCC1C1CCN(C)CC1. The van der Waals surface area contributed by atoms with E-state index in [9.17, 15) is 0 Å². The molecule has 1 saturated heterocycles. The van der Waals surface area contributed by atoms with Gasteiger partial charge in [-0.15, -0.1) is 0 Å². The first-order chi connectivity index (χ1) is 6.77. The number of hydrogen-bond donors (Lipinski definition) is 0. The van der Waals surface area contributed by atoms with Gasteiger partial charge in [0.25, 0.3) is 0 Å². The average Bonchev–Trinajstić information content (AvgIpc) is 2.20. The van der Waals surface area contributed by atoms with Crippen LogP contribution in [0.5, 0.6) is 0 Å². The lowest BCUT2D eigenvalue weighted by molar-refractivity contribution is 0.108. The molecule has 82 valence electrons. The van der Waals surface area contributed by atoms with Crippen LogP contribution in [0.1, 0.15) is 45.4 Å². The van der Waals surface area contributed by atoms with E-state index >= 15 is 0 Å². The Morgan fingerprint density at radius 1 is 0.929 bits per heavy atom. The molecular formula is C13H25N. The van der Waals surface area contributed by atoms with Crippen molar-refractivity contribution in [2.45, 2.75) is 45.4 Å². The minimum atomic E-state index is 1.01. The fourth-order valence-corrected chi connectivity index (χ4v) is 3.50. The van der Waals surface area contributed by atoms with E-state index in [1.54, 1.807) is 0 Å². The largest absolute Gasteiger partial charge is 0.306 e. The van der Waals surface area contributed by atoms with E-state index < -0.39 is 0 Å². The van der Waals surface area contributed by atoms with E-state index in [-0.39, 0.29) is 0 Å². The summed E-state index contributed by atoms with van der Waals surface area (Å²) in [4.78, 5) is 2.49. The standard InChI is InChI=1S/C13H25N/c1-11-5-3-4-6-13(11)12-7-9-14(2)10-8-12/h11-13H,3-10H2,1-2H3. The lowest BCUT2D eigenvalue weighted by atomic mass is 9.70. The van der Waals surface area contributed by atoms with E-state index in [4.69, 9.17) is 0 Å². The molecule has 1 heterocycles. The van der Waals surface area contributed by atoms with Crippen molar-refractivity contribution in [3.8, 4) is 0 Å². The maximum Gasteiger partial charge on any atom is -0.00190 e. The molecule has 1 saturated carbocycles. The van der Waals surface area contributed by atoms with Crippen LogP contribution < -0.4 is 0 Å². The first-order valence-corrected chi connectivity index (χ1v) is 6.46. The van der Waals surface area contributed by atoms with Crippen LogP contribution in [-0.2, 0) is 0 Å². The molecule has 2 rings (SSSR count). The summed E-state index contributed by atoms with van der Waals surface area (Å²) in [5, 5.41) is 0. The second-order valence-corrected chi connectivity index (χ2v) is 5.57. The van der Waals surface area contributed by atoms with Crippen LogP contribution in [-0.4, -0.2) is 25.0 Å². The smallest absolute Gasteiger partial charge is 0.00190 e. The molecule has 0 radical (unpaired) electrons. The molecular weight excluding hydrogens is 170 g/mol. The van der Waals surface area contributed by atoms with E-state index in [2.05, 4.69) is 18.9 Å². The third-order valence-corrected chi connectivity index (χ3v) is 4.55. The minimum absolute atomic E-state index is 1.01. The molecule has 14 heavy (non-hydrogen) atoms. The van der Waals surface area contributed by atoms with E-state index in [0.29, 0.717) is 0 Å². The molecule has 0 aromatic rings. The van der Waals surface area contributed by atoms with Gasteiger partial charge in [0.1, 0.15) is 0 Å². The number of piperidine rings is 1. The predicted octanol–water partition coefficient (Wildman–Crippen LogP) is 3.15. The van der Waals surface area contributed by atoms with E-state index in [1.165, 1.54) is 51.6 Å². The lowest BCUT2D eigenvalue weighted by Crippen LogP contribution is -2.36. The van der Waals surface area contributed by atoms with Crippen LogP contribution in [0.2, 0.25) is 0 Å². The zero-order valence-corrected chi connectivity index (χ0v) is 9.84. The number of rotatable bonds is 1. The molecule has 1 aliphatic carbocycles. The fourth-order valence-electron chi connectivity index (χ4n) is 3.50. The normalized spacial score (nSPS) is 37.3. The van der Waals surface area contributed by atoms with Crippen molar-refractivity contribution < 1.29 is 0 Å². The van der Waals surface area contributed by atoms with Gasteiger partial charge in [0, 0.05) is 0 Å². The number of nitrogens with zero attached hydrogens (tertiary/aromatic N) is 1. The van der Waals surface area contributed by atoms with Crippen molar-refractivity contribution in [3.05, 3.63) is 0 Å². The van der Waals surface area contributed by atoms with Crippen molar-refractivity contribution in [3.63, 3.8) is 0 Å². The molecule has 1 heteroatoms. The lowest BCUT2D eigenvalue weighted by Gasteiger charge is -2.39. The average molecular weight is 195 g/mol. The summed E-state index contributed by atoms with van der Waals surface area (Å²) < 4.78 is 0. The van der Waals surface area contributed by atoms with Gasteiger partial charge >= 0.3 is 0 Å². The van der Waals surface area contributed by atoms with Gasteiger partial charge in [0.05, 0.1) is 0 Å². The van der Waals surface area contributed by atoms with Gasteiger partial charge in [-0.25, -0.2) is 0 Å². The Morgan fingerprint density at radius 2 is 1.57 bits per heavy atom. The first kappa shape index (κ1) is 10.5. The topological polar surface area (TPSA) is 3.24 Å². The monoisotopic (exact) mass is 195 g/mol. The molecule has 0 amide bonds. The maximum atomic E-state index is 2.49. The summed E-state index contributed by atoms with van der Waals surface area (Å²) in [6.45, 7) is 5.17. The highest BCUT2D eigenvalue weighted by Gasteiger charge is 2.30. The quantitative estimate of drug-likeness (QED) is 0.621.